The molecule has 0 atom stereocenters. The van der Waals surface area contributed by atoms with Crippen LogP contribution >= 0.6 is 0 Å². The number of carbonyl (C=O) groups excluding carboxylic acids is 2. The van der Waals surface area contributed by atoms with Crippen molar-refractivity contribution in [3.05, 3.63) is 29.8 Å². The van der Waals surface area contributed by atoms with Gasteiger partial charge in [0.25, 0.3) is 0 Å². The van der Waals surface area contributed by atoms with Gasteiger partial charge in [0.05, 0.1) is 6.54 Å². The Hall–Kier alpha value is -1.84. The molecule has 17 heavy (non-hydrogen) atoms. The second-order valence-electron chi connectivity index (χ2n) is 4.08. The Morgan fingerprint density at radius 1 is 1.35 bits per heavy atom. The summed E-state index contributed by atoms with van der Waals surface area (Å²) in [6.45, 7) is 2.70. The first-order chi connectivity index (χ1) is 8.19. The molecule has 0 radical (unpaired) electrons. The van der Waals surface area contributed by atoms with Crippen molar-refractivity contribution in [2.45, 2.75) is 19.8 Å². The molecule has 4 heteroatoms. The smallest absolute Gasteiger partial charge is 0.410 e. The summed E-state index contributed by atoms with van der Waals surface area (Å²) in [4.78, 5) is 24.1. The first-order valence-corrected chi connectivity index (χ1v) is 5.76. The Morgan fingerprint density at radius 2 is 2.06 bits per heavy atom. The van der Waals surface area contributed by atoms with Gasteiger partial charge in [-0.3, -0.25) is 4.79 Å². The van der Waals surface area contributed by atoms with Gasteiger partial charge in [0.2, 0.25) is 0 Å². The first-order valence-electron chi connectivity index (χ1n) is 5.76. The third-order valence-electron chi connectivity index (χ3n) is 2.82. The van der Waals surface area contributed by atoms with E-state index in [1.165, 1.54) is 10.5 Å². The third-order valence-corrected chi connectivity index (χ3v) is 2.82. The molecule has 90 valence electrons. The molecule has 1 aromatic carbocycles. The molecule has 1 aliphatic rings. The maximum atomic E-state index is 11.7. The fraction of sp³-hybridized carbons (Fsp3) is 0.385. The third kappa shape index (κ3) is 2.84. The number of ether oxygens (including phenoxy) is 1. The van der Waals surface area contributed by atoms with Crippen molar-refractivity contribution in [1.29, 1.82) is 0 Å². The summed E-state index contributed by atoms with van der Waals surface area (Å²) in [5, 5.41) is 0. The zero-order valence-corrected chi connectivity index (χ0v) is 9.81. The van der Waals surface area contributed by atoms with Crippen LogP contribution in [0, 0.1) is 0 Å². The maximum absolute atomic E-state index is 11.7. The van der Waals surface area contributed by atoms with E-state index in [1.807, 2.05) is 12.1 Å². The van der Waals surface area contributed by atoms with Crippen molar-refractivity contribution in [3.8, 4) is 5.75 Å². The molecule has 4 nitrogen and oxygen atoms in total. The molecular formula is C13H15NO3. The molecule has 0 saturated carbocycles. The van der Waals surface area contributed by atoms with Crippen LogP contribution in [0.25, 0.3) is 0 Å². The fourth-order valence-electron chi connectivity index (χ4n) is 1.75. The summed E-state index contributed by atoms with van der Waals surface area (Å²) in [7, 11) is 0. The van der Waals surface area contributed by atoms with Crippen molar-refractivity contribution in [2.24, 2.45) is 0 Å². The molecule has 0 bridgehead atoms. The Kier molecular flexibility index (Phi) is 3.42. The largest absolute Gasteiger partial charge is 0.415 e. The van der Waals surface area contributed by atoms with Crippen molar-refractivity contribution in [3.63, 3.8) is 0 Å². The predicted molar refractivity (Wildman–Crippen MR) is 63.0 cm³/mol. The van der Waals surface area contributed by atoms with Gasteiger partial charge in [-0.25, -0.2) is 4.79 Å². The number of rotatable bonds is 2. The lowest BCUT2D eigenvalue weighted by Gasteiger charge is -2.13. The highest BCUT2D eigenvalue weighted by Crippen LogP contribution is 2.15. The Morgan fingerprint density at radius 3 is 2.59 bits per heavy atom. The fourth-order valence-corrected chi connectivity index (χ4v) is 1.75. The number of hydrogen-bond acceptors (Lipinski definition) is 3. The highest BCUT2D eigenvalue weighted by Gasteiger charge is 2.25. The standard InChI is InChI=1S/C13H15NO3/c1-2-10-3-5-12(6-4-10)17-13(16)14-8-7-11(15)9-14/h3-6H,2,7-9H2,1H3. The minimum Gasteiger partial charge on any atom is -0.410 e. The van der Waals surface area contributed by atoms with Crippen LogP contribution in [0.15, 0.2) is 24.3 Å². The van der Waals surface area contributed by atoms with Crippen LogP contribution in [0.4, 0.5) is 4.79 Å². The number of benzene rings is 1. The average Bonchev–Trinajstić information content (AvgIpc) is 2.77. The summed E-state index contributed by atoms with van der Waals surface area (Å²) in [5.41, 5.74) is 1.20. The topological polar surface area (TPSA) is 46.6 Å². The Bertz CT molecular complexity index is 425. The molecular weight excluding hydrogens is 218 g/mol. The highest BCUT2D eigenvalue weighted by molar-refractivity contribution is 5.87. The van der Waals surface area contributed by atoms with Crippen molar-refractivity contribution < 1.29 is 14.3 Å². The van der Waals surface area contributed by atoms with Gasteiger partial charge in [0, 0.05) is 13.0 Å². The Balaban J connectivity index is 1.95. The van der Waals surface area contributed by atoms with E-state index in [0.29, 0.717) is 18.7 Å². The van der Waals surface area contributed by atoms with Crippen molar-refractivity contribution in [1.82, 2.24) is 4.90 Å². The van der Waals surface area contributed by atoms with Crippen molar-refractivity contribution >= 4 is 11.9 Å². The zero-order chi connectivity index (χ0) is 12.3. The van der Waals surface area contributed by atoms with E-state index in [4.69, 9.17) is 4.74 Å². The van der Waals surface area contributed by atoms with E-state index >= 15 is 0 Å². The summed E-state index contributed by atoms with van der Waals surface area (Å²) >= 11 is 0. The normalized spacial score (nSPS) is 15.1. The first kappa shape index (κ1) is 11.6. The van der Waals surface area contributed by atoms with Crippen LogP contribution in [0.1, 0.15) is 18.9 Å². The molecule has 0 aliphatic carbocycles. The number of aryl methyl sites for hydroxylation is 1. The molecule has 2 rings (SSSR count). The van der Waals surface area contributed by atoms with Crippen LogP contribution in [-0.4, -0.2) is 29.9 Å². The lowest BCUT2D eigenvalue weighted by molar-refractivity contribution is -0.116. The number of hydrogen-bond donors (Lipinski definition) is 0. The SMILES string of the molecule is CCc1ccc(OC(=O)N2CCC(=O)C2)cc1. The van der Waals surface area contributed by atoms with Gasteiger partial charge < -0.3 is 9.64 Å². The minimum absolute atomic E-state index is 0.0864. The van der Waals surface area contributed by atoms with Crippen LogP contribution < -0.4 is 4.74 Å². The zero-order valence-electron chi connectivity index (χ0n) is 9.81. The molecule has 1 amide bonds. The monoisotopic (exact) mass is 233 g/mol. The number of nitrogens with zero attached hydrogens (tertiary/aromatic N) is 1. The van der Waals surface area contributed by atoms with Crippen LogP contribution in [0.3, 0.4) is 0 Å². The summed E-state index contributed by atoms with van der Waals surface area (Å²) < 4.78 is 5.18. The number of ketones is 1. The van der Waals surface area contributed by atoms with E-state index in [0.717, 1.165) is 6.42 Å². The second-order valence-corrected chi connectivity index (χ2v) is 4.08. The van der Waals surface area contributed by atoms with Crippen molar-refractivity contribution in [2.75, 3.05) is 13.1 Å². The van der Waals surface area contributed by atoms with Gasteiger partial charge in [-0.15, -0.1) is 0 Å². The number of Topliss-reactive ketones (excluding diaryl/α,β-unsaturated/α-hetero) is 1. The van der Waals surface area contributed by atoms with Gasteiger partial charge in [0.15, 0.2) is 5.78 Å². The number of amides is 1. The highest BCUT2D eigenvalue weighted by atomic mass is 16.6. The van der Waals surface area contributed by atoms with Gasteiger partial charge in [-0.1, -0.05) is 19.1 Å². The molecule has 0 aromatic heterocycles. The summed E-state index contributed by atoms with van der Waals surface area (Å²) in [5.74, 6) is 0.606. The van der Waals surface area contributed by atoms with Gasteiger partial charge in [-0.2, -0.15) is 0 Å². The van der Waals surface area contributed by atoms with E-state index < -0.39 is 6.09 Å². The molecule has 1 heterocycles. The molecule has 0 unspecified atom stereocenters. The predicted octanol–water partition coefficient (Wildman–Crippen LogP) is 2.02. The van der Waals surface area contributed by atoms with Crippen LogP contribution in [0.2, 0.25) is 0 Å². The quantitative estimate of drug-likeness (QED) is 0.785. The molecule has 1 saturated heterocycles. The minimum atomic E-state index is -0.444. The van der Waals surface area contributed by atoms with Crippen LogP contribution in [0.5, 0.6) is 5.75 Å². The summed E-state index contributed by atoms with van der Waals surface area (Å²) in [6, 6.07) is 7.40. The molecule has 1 fully saturated rings. The number of likely N-dealkylation sites (tertiary alicyclic amines) is 1. The van der Waals surface area contributed by atoms with E-state index in [2.05, 4.69) is 6.92 Å². The lowest BCUT2D eigenvalue weighted by Crippen LogP contribution is -2.31. The van der Waals surface area contributed by atoms with Gasteiger partial charge >= 0.3 is 6.09 Å². The Labute approximate surface area is 100 Å². The number of carbonyl (C=O) groups is 2. The summed E-state index contributed by atoms with van der Waals surface area (Å²) in [6.07, 6.45) is 0.943. The second kappa shape index (κ2) is 4.99. The van der Waals surface area contributed by atoms with E-state index in [-0.39, 0.29) is 12.3 Å². The molecule has 1 aliphatic heterocycles. The molecule has 0 spiro atoms. The average molecular weight is 233 g/mol. The molecule has 0 N–H and O–H groups in total. The van der Waals surface area contributed by atoms with Crippen LogP contribution in [-0.2, 0) is 11.2 Å². The molecule has 1 aromatic rings. The van der Waals surface area contributed by atoms with E-state index in [9.17, 15) is 9.59 Å². The van der Waals surface area contributed by atoms with Gasteiger partial charge in [-0.05, 0) is 24.1 Å². The van der Waals surface area contributed by atoms with Gasteiger partial charge in [0.1, 0.15) is 5.75 Å². The lowest BCUT2D eigenvalue weighted by atomic mass is 10.2. The van der Waals surface area contributed by atoms with E-state index in [1.54, 1.807) is 12.1 Å². The maximum Gasteiger partial charge on any atom is 0.415 e.